The van der Waals surface area contributed by atoms with Crippen LogP contribution >= 0.6 is 22.9 Å². The van der Waals surface area contributed by atoms with E-state index in [0.717, 1.165) is 21.5 Å². The standard InChI is InChI=1S/C23H19ClN4O4S/c1-12-14(3)32-21(17(12)9-25)26-20(29)11-31-23(30)19-8-16-13(2)27-28(22(16)33-19)10-15-6-4-5-7-18(15)24/h4-8H,10-11H2,1-3H3,(H,26,29). The van der Waals surface area contributed by atoms with E-state index in [4.69, 9.17) is 20.8 Å². The number of carbonyl (C=O) groups excluding carboxylic acids is 2. The summed E-state index contributed by atoms with van der Waals surface area (Å²) in [5.41, 5.74) is 2.59. The lowest BCUT2D eigenvalue weighted by Crippen LogP contribution is -2.20. The minimum absolute atomic E-state index is 0.0469. The Labute approximate surface area is 198 Å². The number of hydrogen-bond acceptors (Lipinski definition) is 7. The summed E-state index contributed by atoms with van der Waals surface area (Å²) in [4.78, 5) is 26.0. The van der Waals surface area contributed by atoms with Gasteiger partial charge in [0.25, 0.3) is 5.91 Å². The average molecular weight is 483 g/mol. The molecule has 0 radical (unpaired) electrons. The van der Waals surface area contributed by atoms with E-state index in [9.17, 15) is 14.9 Å². The number of nitrogens with one attached hydrogen (secondary N) is 1. The summed E-state index contributed by atoms with van der Waals surface area (Å²) in [7, 11) is 0. The van der Waals surface area contributed by atoms with Gasteiger partial charge in [0.05, 0.1) is 12.2 Å². The number of carbonyl (C=O) groups is 2. The molecule has 3 aromatic heterocycles. The van der Waals surface area contributed by atoms with Crippen molar-refractivity contribution in [3.8, 4) is 6.07 Å². The second-order valence-corrected chi connectivity index (χ2v) is 8.83. The van der Waals surface area contributed by atoms with Crippen molar-refractivity contribution in [1.29, 1.82) is 5.26 Å². The van der Waals surface area contributed by atoms with Crippen molar-refractivity contribution in [2.24, 2.45) is 0 Å². The predicted octanol–water partition coefficient (Wildman–Crippen LogP) is 4.98. The average Bonchev–Trinajstić information content (AvgIpc) is 3.42. The number of furan rings is 1. The second kappa shape index (κ2) is 9.10. The molecule has 1 amide bonds. The normalized spacial score (nSPS) is 10.9. The maximum atomic E-state index is 12.6. The van der Waals surface area contributed by atoms with Crippen molar-refractivity contribution in [3.63, 3.8) is 0 Å². The minimum Gasteiger partial charge on any atom is -0.451 e. The van der Waals surface area contributed by atoms with E-state index in [1.807, 2.05) is 37.3 Å². The molecule has 0 aliphatic rings. The molecule has 0 saturated heterocycles. The van der Waals surface area contributed by atoms with Crippen LogP contribution in [0.2, 0.25) is 5.02 Å². The minimum atomic E-state index is -0.623. The molecule has 0 aliphatic heterocycles. The molecule has 168 valence electrons. The molecule has 0 unspecified atom stereocenters. The van der Waals surface area contributed by atoms with E-state index in [1.165, 1.54) is 11.3 Å². The molecule has 0 bridgehead atoms. The molecule has 1 aromatic carbocycles. The number of nitrogens with zero attached hydrogens (tertiary/aromatic N) is 3. The Hall–Kier alpha value is -3.61. The first-order valence-electron chi connectivity index (χ1n) is 9.96. The monoisotopic (exact) mass is 482 g/mol. The van der Waals surface area contributed by atoms with Crippen LogP contribution in [0.15, 0.2) is 34.7 Å². The van der Waals surface area contributed by atoms with Gasteiger partial charge in [-0.1, -0.05) is 29.8 Å². The van der Waals surface area contributed by atoms with Gasteiger partial charge >= 0.3 is 5.97 Å². The van der Waals surface area contributed by atoms with Crippen molar-refractivity contribution in [1.82, 2.24) is 9.78 Å². The Kier molecular flexibility index (Phi) is 6.22. The molecular formula is C23H19ClN4O4S. The number of amides is 1. The van der Waals surface area contributed by atoms with Gasteiger partial charge in [-0.3, -0.25) is 14.8 Å². The summed E-state index contributed by atoms with van der Waals surface area (Å²) in [6.45, 7) is 5.23. The summed E-state index contributed by atoms with van der Waals surface area (Å²) < 4.78 is 12.4. The molecule has 1 N–H and O–H groups in total. The number of anilines is 1. The fourth-order valence-electron chi connectivity index (χ4n) is 3.32. The fourth-order valence-corrected chi connectivity index (χ4v) is 4.57. The molecule has 0 aliphatic carbocycles. The topological polar surface area (TPSA) is 110 Å². The Morgan fingerprint density at radius 1 is 1.30 bits per heavy atom. The van der Waals surface area contributed by atoms with Crippen LogP contribution in [-0.2, 0) is 16.1 Å². The second-order valence-electron chi connectivity index (χ2n) is 7.39. The zero-order valence-electron chi connectivity index (χ0n) is 18.1. The van der Waals surface area contributed by atoms with E-state index < -0.39 is 18.5 Å². The van der Waals surface area contributed by atoms with Crippen LogP contribution in [0, 0.1) is 32.1 Å². The number of thiophene rings is 1. The fraction of sp³-hybridized carbons (Fsp3) is 0.217. The Bertz CT molecular complexity index is 1430. The van der Waals surface area contributed by atoms with Crippen LogP contribution in [-0.4, -0.2) is 28.3 Å². The third kappa shape index (κ3) is 4.49. The number of rotatable bonds is 6. The number of nitriles is 1. The predicted molar refractivity (Wildman–Crippen MR) is 125 cm³/mol. The number of fused-ring (bicyclic) bond motifs is 1. The highest BCUT2D eigenvalue weighted by atomic mass is 35.5. The van der Waals surface area contributed by atoms with Gasteiger partial charge in [0, 0.05) is 16.0 Å². The third-order valence-corrected chi connectivity index (χ3v) is 6.67. The Morgan fingerprint density at radius 2 is 2.06 bits per heavy atom. The van der Waals surface area contributed by atoms with Gasteiger partial charge in [-0.05, 0) is 38.5 Å². The highest BCUT2D eigenvalue weighted by molar-refractivity contribution is 7.20. The highest BCUT2D eigenvalue weighted by Crippen LogP contribution is 2.30. The van der Waals surface area contributed by atoms with Crippen LogP contribution in [0.25, 0.3) is 10.2 Å². The van der Waals surface area contributed by atoms with Crippen molar-refractivity contribution in [2.45, 2.75) is 27.3 Å². The van der Waals surface area contributed by atoms with Crippen LogP contribution in [0.1, 0.15) is 37.8 Å². The summed E-state index contributed by atoms with van der Waals surface area (Å²) in [6, 6.07) is 11.2. The van der Waals surface area contributed by atoms with Crippen LogP contribution in [0.5, 0.6) is 0 Å². The lowest BCUT2D eigenvalue weighted by Gasteiger charge is -2.05. The van der Waals surface area contributed by atoms with Crippen LogP contribution < -0.4 is 5.32 Å². The highest BCUT2D eigenvalue weighted by Gasteiger charge is 2.20. The summed E-state index contributed by atoms with van der Waals surface area (Å²) in [5.74, 6) is -0.644. The van der Waals surface area contributed by atoms with Gasteiger partial charge in [-0.2, -0.15) is 10.4 Å². The third-order valence-electron chi connectivity index (χ3n) is 5.17. The molecule has 8 nitrogen and oxygen atoms in total. The van der Waals surface area contributed by atoms with E-state index in [2.05, 4.69) is 10.4 Å². The van der Waals surface area contributed by atoms with Gasteiger partial charge in [0.15, 0.2) is 6.61 Å². The summed E-state index contributed by atoms with van der Waals surface area (Å²) in [5, 5.41) is 17.7. The maximum absolute atomic E-state index is 12.6. The van der Waals surface area contributed by atoms with Gasteiger partial charge in [0.1, 0.15) is 27.1 Å². The van der Waals surface area contributed by atoms with Gasteiger partial charge in [-0.15, -0.1) is 11.3 Å². The summed E-state index contributed by atoms with van der Waals surface area (Å²) >= 11 is 7.51. The molecular weight excluding hydrogens is 464 g/mol. The first-order valence-corrected chi connectivity index (χ1v) is 11.1. The maximum Gasteiger partial charge on any atom is 0.348 e. The van der Waals surface area contributed by atoms with Gasteiger partial charge in [0.2, 0.25) is 5.88 Å². The van der Waals surface area contributed by atoms with Crippen molar-refractivity contribution >= 4 is 50.9 Å². The number of esters is 1. The zero-order chi connectivity index (χ0) is 23.7. The van der Waals surface area contributed by atoms with E-state index >= 15 is 0 Å². The number of aromatic nitrogens is 2. The lowest BCUT2D eigenvalue weighted by molar-refractivity contribution is -0.119. The van der Waals surface area contributed by atoms with Crippen molar-refractivity contribution in [3.05, 3.63) is 68.4 Å². The molecule has 33 heavy (non-hydrogen) atoms. The molecule has 3 heterocycles. The Balaban J connectivity index is 1.45. The molecule has 4 aromatic rings. The zero-order valence-corrected chi connectivity index (χ0v) is 19.6. The Morgan fingerprint density at radius 3 is 2.79 bits per heavy atom. The smallest absolute Gasteiger partial charge is 0.348 e. The van der Waals surface area contributed by atoms with E-state index in [1.54, 1.807) is 24.6 Å². The number of hydrogen-bond donors (Lipinski definition) is 1. The molecule has 0 spiro atoms. The number of ether oxygens (including phenoxy) is 1. The first kappa shape index (κ1) is 22.6. The van der Waals surface area contributed by atoms with Crippen molar-refractivity contribution in [2.75, 3.05) is 11.9 Å². The van der Waals surface area contributed by atoms with Crippen LogP contribution in [0.4, 0.5) is 5.88 Å². The van der Waals surface area contributed by atoms with Gasteiger partial charge in [-0.25, -0.2) is 4.79 Å². The van der Waals surface area contributed by atoms with Crippen LogP contribution in [0.3, 0.4) is 0 Å². The molecule has 4 rings (SSSR count). The molecule has 0 saturated carbocycles. The number of halogens is 1. The molecule has 0 atom stereocenters. The quantitative estimate of drug-likeness (QED) is 0.388. The van der Waals surface area contributed by atoms with E-state index in [-0.39, 0.29) is 11.4 Å². The molecule has 0 fully saturated rings. The number of benzene rings is 1. The van der Waals surface area contributed by atoms with Gasteiger partial charge < -0.3 is 9.15 Å². The summed E-state index contributed by atoms with van der Waals surface area (Å²) in [6.07, 6.45) is 0. The molecule has 10 heteroatoms. The SMILES string of the molecule is Cc1oc(NC(=O)COC(=O)c2cc3c(C)nn(Cc4ccccc4Cl)c3s2)c(C#N)c1C. The number of aryl methyl sites for hydroxylation is 2. The van der Waals surface area contributed by atoms with Crippen molar-refractivity contribution < 1.29 is 18.7 Å². The first-order chi connectivity index (χ1) is 15.8. The lowest BCUT2D eigenvalue weighted by atomic mass is 10.2. The van der Waals surface area contributed by atoms with E-state index in [0.29, 0.717) is 27.8 Å². The largest absolute Gasteiger partial charge is 0.451 e.